The summed E-state index contributed by atoms with van der Waals surface area (Å²) in [7, 11) is 0. The number of anilines is 2. The van der Waals surface area contributed by atoms with E-state index in [1.807, 2.05) is 12.1 Å². The minimum atomic E-state index is 0.0445. The minimum absolute atomic E-state index is 0.0445. The fourth-order valence-corrected chi connectivity index (χ4v) is 3.81. The van der Waals surface area contributed by atoms with Gasteiger partial charge in [-0.15, -0.1) is 0 Å². The number of nitrogens with zero attached hydrogens (tertiary/aromatic N) is 2. The number of hydrogen-bond acceptors (Lipinski definition) is 4. The molecule has 138 valence electrons. The molecule has 0 saturated carbocycles. The molecule has 1 aromatic carbocycles. The lowest BCUT2D eigenvalue weighted by atomic mass is 10.1. The summed E-state index contributed by atoms with van der Waals surface area (Å²) < 4.78 is 0. The molecule has 2 N–H and O–H groups in total. The Bertz CT molecular complexity index is 536. The molecule has 0 aliphatic carbocycles. The number of rotatable bonds is 7. The van der Waals surface area contributed by atoms with E-state index in [9.17, 15) is 4.79 Å². The lowest BCUT2D eigenvalue weighted by molar-refractivity contribution is -0.115. The van der Waals surface area contributed by atoms with Crippen molar-refractivity contribution in [2.24, 2.45) is 0 Å². The summed E-state index contributed by atoms with van der Waals surface area (Å²) in [6, 6.07) is 8.17. The van der Waals surface area contributed by atoms with Crippen LogP contribution in [0.1, 0.15) is 38.5 Å². The molecule has 2 heterocycles. The number of carbonyl (C=O) groups is 1. The Labute approximate surface area is 151 Å². The molecule has 2 fully saturated rings. The van der Waals surface area contributed by atoms with Crippen LogP contribution in [0.15, 0.2) is 24.3 Å². The zero-order valence-corrected chi connectivity index (χ0v) is 15.3. The van der Waals surface area contributed by atoms with E-state index in [1.54, 1.807) is 0 Å². The maximum atomic E-state index is 12.3. The molecule has 2 aliphatic heterocycles. The van der Waals surface area contributed by atoms with Crippen LogP contribution in [0.5, 0.6) is 0 Å². The molecule has 25 heavy (non-hydrogen) atoms. The van der Waals surface area contributed by atoms with Crippen LogP contribution in [0.2, 0.25) is 0 Å². The van der Waals surface area contributed by atoms with Crippen molar-refractivity contribution in [3.8, 4) is 0 Å². The van der Waals surface area contributed by atoms with Crippen molar-refractivity contribution < 1.29 is 4.79 Å². The summed E-state index contributed by atoms with van der Waals surface area (Å²) in [4.78, 5) is 17.2. The van der Waals surface area contributed by atoms with Crippen molar-refractivity contribution in [1.29, 1.82) is 0 Å². The highest BCUT2D eigenvalue weighted by molar-refractivity contribution is 5.95. The summed E-state index contributed by atoms with van der Waals surface area (Å²) >= 11 is 0. The number of likely N-dealkylation sites (tertiary alicyclic amines) is 1. The predicted octanol–water partition coefficient (Wildman–Crippen LogP) is 2.69. The molecule has 0 unspecified atom stereocenters. The number of hydrogen-bond donors (Lipinski definition) is 2. The van der Waals surface area contributed by atoms with Gasteiger partial charge in [0.05, 0.1) is 17.9 Å². The normalized spacial score (nSPS) is 19.0. The van der Waals surface area contributed by atoms with Crippen LogP contribution in [-0.2, 0) is 4.79 Å². The van der Waals surface area contributed by atoms with Gasteiger partial charge in [0, 0.05) is 26.2 Å². The molecule has 2 saturated heterocycles. The van der Waals surface area contributed by atoms with E-state index < -0.39 is 0 Å². The second-order valence-corrected chi connectivity index (χ2v) is 7.19. The van der Waals surface area contributed by atoms with Crippen LogP contribution in [0.25, 0.3) is 0 Å². The molecule has 0 bridgehead atoms. The van der Waals surface area contributed by atoms with Gasteiger partial charge in [-0.25, -0.2) is 0 Å². The summed E-state index contributed by atoms with van der Waals surface area (Å²) in [5, 5.41) is 6.37. The third-order valence-corrected chi connectivity index (χ3v) is 5.21. The Balaban J connectivity index is 1.43. The Morgan fingerprint density at radius 2 is 1.60 bits per heavy atom. The highest BCUT2D eigenvalue weighted by Crippen LogP contribution is 2.28. The van der Waals surface area contributed by atoms with Crippen molar-refractivity contribution >= 4 is 17.3 Å². The Morgan fingerprint density at radius 1 is 0.920 bits per heavy atom. The smallest absolute Gasteiger partial charge is 0.238 e. The fraction of sp³-hybridized carbons (Fsp3) is 0.650. The number of para-hydroxylation sites is 2. The summed E-state index contributed by atoms with van der Waals surface area (Å²) in [5.74, 6) is 0.0445. The Hall–Kier alpha value is -1.59. The lowest BCUT2D eigenvalue weighted by Gasteiger charge is -2.30. The first kappa shape index (κ1) is 18.2. The van der Waals surface area contributed by atoms with Gasteiger partial charge in [0.2, 0.25) is 5.91 Å². The van der Waals surface area contributed by atoms with Crippen molar-refractivity contribution in [2.75, 3.05) is 56.0 Å². The van der Waals surface area contributed by atoms with Gasteiger partial charge in [-0.05, 0) is 57.3 Å². The highest BCUT2D eigenvalue weighted by Gasteiger charge is 2.15. The van der Waals surface area contributed by atoms with Gasteiger partial charge in [-0.3, -0.25) is 4.79 Å². The maximum Gasteiger partial charge on any atom is 0.238 e. The molecular formula is C20H32N4O. The first-order valence-corrected chi connectivity index (χ1v) is 9.90. The second kappa shape index (κ2) is 9.78. The molecule has 0 radical (unpaired) electrons. The van der Waals surface area contributed by atoms with E-state index in [0.29, 0.717) is 6.54 Å². The molecular weight excluding hydrogens is 312 g/mol. The lowest BCUT2D eigenvalue weighted by Crippen LogP contribution is -2.38. The number of benzene rings is 1. The average Bonchev–Trinajstić information content (AvgIpc) is 2.67. The molecule has 3 rings (SSSR count). The zero-order chi connectivity index (χ0) is 17.3. The number of piperidine rings is 2. The van der Waals surface area contributed by atoms with Crippen LogP contribution >= 0.6 is 0 Å². The Morgan fingerprint density at radius 3 is 2.36 bits per heavy atom. The first-order chi connectivity index (χ1) is 12.3. The van der Waals surface area contributed by atoms with E-state index in [0.717, 1.165) is 37.6 Å². The quantitative estimate of drug-likeness (QED) is 0.747. The molecule has 0 aromatic heterocycles. The number of nitrogens with one attached hydrogen (secondary N) is 2. The monoisotopic (exact) mass is 344 g/mol. The van der Waals surface area contributed by atoms with Crippen LogP contribution in [-0.4, -0.2) is 56.6 Å². The fourth-order valence-electron chi connectivity index (χ4n) is 3.81. The van der Waals surface area contributed by atoms with Gasteiger partial charge >= 0.3 is 0 Å². The van der Waals surface area contributed by atoms with Crippen molar-refractivity contribution in [1.82, 2.24) is 10.2 Å². The topological polar surface area (TPSA) is 47.6 Å². The molecule has 0 atom stereocenters. The molecule has 5 heteroatoms. The Kier molecular flexibility index (Phi) is 7.12. The molecule has 0 spiro atoms. The van der Waals surface area contributed by atoms with Gasteiger partial charge in [0.15, 0.2) is 0 Å². The average molecular weight is 345 g/mol. The van der Waals surface area contributed by atoms with Crippen LogP contribution in [0.3, 0.4) is 0 Å². The maximum absolute atomic E-state index is 12.3. The highest BCUT2D eigenvalue weighted by atomic mass is 16.1. The van der Waals surface area contributed by atoms with Crippen LogP contribution in [0.4, 0.5) is 11.4 Å². The first-order valence-electron chi connectivity index (χ1n) is 9.90. The number of carbonyl (C=O) groups excluding carboxylic acids is 1. The van der Waals surface area contributed by atoms with E-state index in [2.05, 4.69) is 32.6 Å². The molecule has 2 aliphatic rings. The standard InChI is InChI=1S/C20H32N4O/c25-20(17-21-11-16-23-12-5-1-6-13-23)22-18-9-3-4-10-19(18)24-14-7-2-8-15-24/h3-4,9-10,21H,1-2,5-8,11-17H2,(H,22,25). The van der Waals surface area contributed by atoms with Gasteiger partial charge in [-0.2, -0.15) is 0 Å². The summed E-state index contributed by atoms with van der Waals surface area (Å²) in [5.41, 5.74) is 2.09. The van der Waals surface area contributed by atoms with E-state index in [4.69, 9.17) is 0 Å². The van der Waals surface area contributed by atoms with Gasteiger partial charge in [-0.1, -0.05) is 18.6 Å². The van der Waals surface area contributed by atoms with E-state index in [-0.39, 0.29) is 5.91 Å². The SMILES string of the molecule is O=C(CNCCN1CCCCC1)Nc1ccccc1N1CCCCC1. The number of amides is 1. The molecule has 1 amide bonds. The van der Waals surface area contributed by atoms with Gasteiger partial charge in [0.25, 0.3) is 0 Å². The zero-order valence-electron chi connectivity index (χ0n) is 15.3. The predicted molar refractivity (Wildman–Crippen MR) is 104 cm³/mol. The molecule has 5 nitrogen and oxygen atoms in total. The largest absolute Gasteiger partial charge is 0.370 e. The van der Waals surface area contributed by atoms with E-state index in [1.165, 1.54) is 51.6 Å². The van der Waals surface area contributed by atoms with Crippen molar-refractivity contribution in [3.63, 3.8) is 0 Å². The van der Waals surface area contributed by atoms with Crippen molar-refractivity contribution in [3.05, 3.63) is 24.3 Å². The molecule has 1 aromatic rings. The van der Waals surface area contributed by atoms with Crippen molar-refractivity contribution in [2.45, 2.75) is 38.5 Å². The third-order valence-electron chi connectivity index (χ3n) is 5.21. The van der Waals surface area contributed by atoms with Crippen LogP contribution in [0, 0.1) is 0 Å². The summed E-state index contributed by atoms with van der Waals surface area (Å²) in [6.07, 6.45) is 7.77. The van der Waals surface area contributed by atoms with E-state index >= 15 is 0 Å². The van der Waals surface area contributed by atoms with Crippen LogP contribution < -0.4 is 15.5 Å². The summed E-state index contributed by atoms with van der Waals surface area (Å²) in [6.45, 7) is 6.87. The van der Waals surface area contributed by atoms with Gasteiger partial charge < -0.3 is 20.4 Å². The third kappa shape index (κ3) is 5.72. The minimum Gasteiger partial charge on any atom is -0.370 e. The second-order valence-electron chi connectivity index (χ2n) is 7.19. The van der Waals surface area contributed by atoms with Gasteiger partial charge in [0.1, 0.15) is 0 Å².